The van der Waals surface area contributed by atoms with Crippen LogP contribution in [0.5, 0.6) is 0 Å². The standard InChI is InChI=1S/C15H12F2O2/c16-12-6-4-11(5-7-12)14(15(18)19)9-10-2-1-3-13(17)8-10/h1-8,14H,9H2,(H,18,19). The van der Waals surface area contributed by atoms with Gasteiger partial charge in [-0.1, -0.05) is 24.3 Å². The van der Waals surface area contributed by atoms with Gasteiger partial charge in [-0.25, -0.2) is 8.78 Å². The van der Waals surface area contributed by atoms with Gasteiger partial charge in [0.25, 0.3) is 0 Å². The predicted molar refractivity (Wildman–Crippen MR) is 66.9 cm³/mol. The van der Waals surface area contributed by atoms with Crippen LogP contribution in [0.15, 0.2) is 48.5 Å². The van der Waals surface area contributed by atoms with Crippen LogP contribution in [0, 0.1) is 11.6 Å². The van der Waals surface area contributed by atoms with Crippen molar-refractivity contribution in [3.63, 3.8) is 0 Å². The Morgan fingerprint density at radius 3 is 2.32 bits per heavy atom. The first-order valence-corrected chi connectivity index (χ1v) is 5.79. The van der Waals surface area contributed by atoms with E-state index in [9.17, 15) is 18.7 Å². The van der Waals surface area contributed by atoms with Crippen molar-refractivity contribution < 1.29 is 18.7 Å². The number of halogens is 2. The van der Waals surface area contributed by atoms with Gasteiger partial charge in [0.05, 0.1) is 5.92 Å². The predicted octanol–water partition coefficient (Wildman–Crippen LogP) is 3.38. The van der Waals surface area contributed by atoms with Gasteiger partial charge in [0.1, 0.15) is 11.6 Å². The van der Waals surface area contributed by atoms with E-state index in [0.29, 0.717) is 11.1 Å². The average molecular weight is 262 g/mol. The van der Waals surface area contributed by atoms with Gasteiger partial charge >= 0.3 is 5.97 Å². The van der Waals surface area contributed by atoms with Crippen molar-refractivity contribution in [2.75, 3.05) is 0 Å². The van der Waals surface area contributed by atoms with Crippen molar-refractivity contribution >= 4 is 5.97 Å². The van der Waals surface area contributed by atoms with Crippen molar-refractivity contribution in [3.05, 3.63) is 71.3 Å². The first-order valence-electron chi connectivity index (χ1n) is 5.79. The van der Waals surface area contributed by atoms with Crippen LogP contribution in [-0.4, -0.2) is 11.1 Å². The average Bonchev–Trinajstić information content (AvgIpc) is 2.37. The molecule has 0 saturated heterocycles. The molecule has 19 heavy (non-hydrogen) atoms. The molecule has 0 spiro atoms. The van der Waals surface area contributed by atoms with E-state index in [-0.39, 0.29) is 6.42 Å². The van der Waals surface area contributed by atoms with E-state index in [2.05, 4.69) is 0 Å². The third-order valence-electron chi connectivity index (χ3n) is 2.90. The smallest absolute Gasteiger partial charge is 0.311 e. The largest absolute Gasteiger partial charge is 0.481 e. The third-order valence-corrected chi connectivity index (χ3v) is 2.90. The van der Waals surface area contributed by atoms with Crippen LogP contribution >= 0.6 is 0 Å². The van der Waals surface area contributed by atoms with Gasteiger partial charge in [0.2, 0.25) is 0 Å². The molecule has 0 bridgehead atoms. The van der Waals surface area contributed by atoms with Crippen molar-refractivity contribution in [1.82, 2.24) is 0 Å². The summed E-state index contributed by atoms with van der Waals surface area (Å²) < 4.78 is 25.9. The van der Waals surface area contributed by atoms with E-state index in [4.69, 9.17) is 0 Å². The number of benzene rings is 2. The van der Waals surface area contributed by atoms with Gasteiger partial charge in [-0.3, -0.25) is 4.79 Å². The van der Waals surface area contributed by atoms with Crippen LogP contribution in [-0.2, 0) is 11.2 Å². The van der Waals surface area contributed by atoms with Crippen molar-refractivity contribution in [1.29, 1.82) is 0 Å². The number of carboxylic acid groups (broad SMARTS) is 1. The Kier molecular flexibility index (Phi) is 3.90. The summed E-state index contributed by atoms with van der Waals surface area (Å²) in [6.45, 7) is 0. The molecule has 1 N–H and O–H groups in total. The molecule has 1 unspecified atom stereocenters. The molecular formula is C15H12F2O2. The minimum atomic E-state index is -1.02. The van der Waals surface area contributed by atoms with E-state index in [0.717, 1.165) is 0 Å². The Bertz CT molecular complexity index is 579. The minimum Gasteiger partial charge on any atom is -0.481 e. The van der Waals surface area contributed by atoms with Crippen molar-refractivity contribution in [2.24, 2.45) is 0 Å². The van der Waals surface area contributed by atoms with E-state index >= 15 is 0 Å². The molecule has 2 nitrogen and oxygen atoms in total. The van der Waals surface area contributed by atoms with Gasteiger partial charge in [0, 0.05) is 0 Å². The van der Waals surface area contributed by atoms with Gasteiger partial charge in [-0.15, -0.1) is 0 Å². The molecule has 1 atom stereocenters. The van der Waals surface area contributed by atoms with Crippen LogP contribution in [0.25, 0.3) is 0 Å². The zero-order chi connectivity index (χ0) is 13.8. The molecule has 0 fully saturated rings. The summed E-state index contributed by atoms with van der Waals surface area (Å²) in [7, 11) is 0. The van der Waals surface area contributed by atoms with E-state index in [1.807, 2.05) is 0 Å². The normalized spacial score (nSPS) is 12.1. The number of hydrogen-bond acceptors (Lipinski definition) is 1. The molecule has 2 aromatic carbocycles. The maximum absolute atomic E-state index is 13.1. The van der Waals surface area contributed by atoms with Crippen molar-refractivity contribution in [3.8, 4) is 0 Å². The molecular weight excluding hydrogens is 250 g/mol. The van der Waals surface area contributed by atoms with E-state index in [1.54, 1.807) is 6.07 Å². The van der Waals surface area contributed by atoms with Crippen LogP contribution in [0.1, 0.15) is 17.0 Å². The minimum absolute atomic E-state index is 0.165. The zero-order valence-corrected chi connectivity index (χ0v) is 10.0. The lowest BCUT2D eigenvalue weighted by Crippen LogP contribution is -2.14. The summed E-state index contributed by atoms with van der Waals surface area (Å²) in [5, 5.41) is 9.24. The first kappa shape index (κ1) is 13.2. The highest BCUT2D eigenvalue weighted by molar-refractivity contribution is 5.76. The van der Waals surface area contributed by atoms with Crippen LogP contribution < -0.4 is 0 Å². The second-order valence-corrected chi connectivity index (χ2v) is 4.28. The lowest BCUT2D eigenvalue weighted by Gasteiger charge is -2.13. The van der Waals surface area contributed by atoms with Crippen LogP contribution in [0.3, 0.4) is 0 Å². The Morgan fingerprint density at radius 1 is 1.05 bits per heavy atom. The lowest BCUT2D eigenvalue weighted by atomic mass is 9.92. The molecule has 0 amide bonds. The highest BCUT2D eigenvalue weighted by atomic mass is 19.1. The quantitative estimate of drug-likeness (QED) is 0.917. The SMILES string of the molecule is O=C(O)C(Cc1cccc(F)c1)c1ccc(F)cc1. The molecule has 0 saturated carbocycles. The van der Waals surface area contributed by atoms with Gasteiger partial charge in [0.15, 0.2) is 0 Å². The molecule has 0 aromatic heterocycles. The molecule has 0 aliphatic rings. The Morgan fingerprint density at radius 2 is 1.74 bits per heavy atom. The highest BCUT2D eigenvalue weighted by Crippen LogP contribution is 2.22. The van der Waals surface area contributed by atoms with Crippen molar-refractivity contribution in [2.45, 2.75) is 12.3 Å². The molecule has 0 radical (unpaired) electrons. The number of rotatable bonds is 4. The van der Waals surface area contributed by atoms with Gasteiger partial charge < -0.3 is 5.11 Å². The molecule has 98 valence electrons. The van der Waals surface area contributed by atoms with Crippen LogP contribution in [0.2, 0.25) is 0 Å². The second kappa shape index (κ2) is 5.61. The molecule has 0 aliphatic carbocycles. The molecule has 2 aromatic rings. The fraction of sp³-hybridized carbons (Fsp3) is 0.133. The summed E-state index contributed by atoms with van der Waals surface area (Å²) in [6, 6.07) is 11.1. The fourth-order valence-electron chi connectivity index (χ4n) is 1.94. The number of aliphatic carboxylic acids is 1. The summed E-state index contributed by atoms with van der Waals surface area (Å²) in [4.78, 5) is 11.3. The fourth-order valence-corrected chi connectivity index (χ4v) is 1.94. The lowest BCUT2D eigenvalue weighted by molar-refractivity contribution is -0.138. The second-order valence-electron chi connectivity index (χ2n) is 4.28. The van der Waals surface area contributed by atoms with Gasteiger partial charge in [-0.05, 0) is 41.8 Å². The summed E-state index contributed by atoms with van der Waals surface area (Å²) in [5.41, 5.74) is 1.09. The Balaban J connectivity index is 2.26. The summed E-state index contributed by atoms with van der Waals surface area (Å²) >= 11 is 0. The van der Waals surface area contributed by atoms with Gasteiger partial charge in [-0.2, -0.15) is 0 Å². The maximum Gasteiger partial charge on any atom is 0.311 e. The summed E-state index contributed by atoms with van der Waals surface area (Å²) in [6.07, 6.45) is 0.165. The molecule has 2 rings (SSSR count). The Labute approximate surface area is 109 Å². The zero-order valence-electron chi connectivity index (χ0n) is 10.0. The third kappa shape index (κ3) is 3.37. The Hall–Kier alpha value is -2.23. The molecule has 4 heteroatoms. The summed E-state index contributed by atoms with van der Waals surface area (Å²) in [5.74, 6) is -2.65. The highest BCUT2D eigenvalue weighted by Gasteiger charge is 2.20. The first-order chi connectivity index (χ1) is 9.06. The number of hydrogen-bond donors (Lipinski definition) is 1. The van der Waals surface area contributed by atoms with E-state index < -0.39 is 23.5 Å². The topological polar surface area (TPSA) is 37.3 Å². The molecule has 0 heterocycles. The maximum atomic E-state index is 13.1. The van der Waals surface area contributed by atoms with Crippen LogP contribution in [0.4, 0.5) is 8.78 Å². The monoisotopic (exact) mass is 262 g/mol. The number of carboxylic acids is 1. The number of carbonyl (C=O) groups is 1. The molecule has 0 aliphatic heterocycles. The van der Waals surface area contributed by atoms with E-state index in [1.165, 1.54) is 42.5 Å².